The highest BCUT2D eigenvalue weighted by Crippen LogP contribution is 2.35. The van der Waals surface area contributed by atoms with Gasteiger partial charge in [0.2, 0.25) is 0 Å². The van der Waals surface area contributed by atoms with Gasteiger partial charge in [-0.15, -0.1) is 0 Å². The van der Waals surface area contributed by atoms with Crippen molar-refractivity contribution in [2.75, 3.05) is 31.1 Å². The molecule has 1 fully saturated rings. The highest BCUT2D eigenvalue weighted by molar-refractivity contribution is 7.90. The summed E-state index contributed by atoms with van der Waals surface area (Å²) in [4.78, 5) is 10.7. The van der Waals surface area contributed by atoms with Gasteiger partial charge in [-0.25, -0.2) is 27.2 Å². The van der Waals surface area contributed by atoms with Crippen LogP contribution in [-0.2, 0) is 21.3 Å². The molecule has 0 bridgehead atoms. The number of rotatable bonds is 6. The molecule has 3 heterocycles. The lowest BCUT2D eigenvalue weighted by Crippen LogP contribution is -2.43. The Labute approximate surface area is 184 Å². The van der Waals surface area contributed by atoms with Crippen LogP contribution in [0.4, 0.5) is 14.6 Å². The monoisotopic (exact) mass is 472 g/mol. The first kappa shape index (κ1) is 22.3. The zero-order valence-electron chi connectivity index (χ0n) is 16.7. The van der Waals surface area contributed by atoms with E-state index in [1.807, 2.05) is 4.90 Å². The molecular formula is C20H23ClF2N4O3S. The van der Waals surface area contributed by atoms with Gasteiger partial charge < -0.3 is 15.3 Å². The average molecular weight is 473 g/mol. The van der Waals surface area contributed by atoms with Gasteiger partial charge in [0.1, 0.15) is 17.5 Å². The van der Waals surface area contributed by atoms with Crippen molar-refractivity contribution in [3.63, 3.8) is 0 Å². The number of nitrogens with zero attached hydrogens (tertiary/aromatic N) is 3. The number of piperidine rings is 1. The van der Waals surface area contributed by atoms with Gasteiger partial charge in [0.15, 0.2) is 15.7 Å². The third kappa shape index (κ3) is 4.82. The maximum atomic E-state index is 14.5. The van der Waals surface area contributed by atoms with E-state index < -0.39 is 21.5 Å². The molecule has 2 N–H and O–H groups in total. The number of hydrogen-bond donors (Lipinski definition) is 2. The molecule has 1 saturated heterocycles. The van der Waals surface area contributed by atoms with Gasteiger partial charge in [0.25, 0.3) is 0 Å². The van der Waals surface area contributed by atoms with E-state index in [2.05, 4.69) is 15.3 Å². The second-order valence-electron chi connectivity index (χ2n) is 7.87. The van der Waals surface area contributed by atoms with Crippen LogP contribution >= 0.6 is 11.6 Å². The number of sulfone groups is 1. The van der Waals surface area contributed by atoms with E-state index in [1.165, 1.54) is 0 Å². The lowest BCUT2D eigenvalue weighted by atomic mass is 10.0. The molecule has 0 saturated carbocycles. The molecule has 2 aliphatic rings. The number of nitrogens with one attached hydrogen (secondary N) is 1. The summed E-state index contributed by atoms with van der Waals surface area (Å²) < 4.78 is 53.0. The molecule has 0 amide bonds. The Balaban J connectivity index is 1.66. The minimum atomic E-state index is -3.37. The van der Waals surface area contributed by atoms with Gasteiger partial charge >= 0.3 is 0 Å². The number of hydrogen-bond acceptors (Lipinski definition) is 7. The third-order valence-corrected chi connectivity index (χ3v) is 7.34. The van der Waals surface area contributed by atoms with E-state index in [4.69, 9.17) is 16.7 Å². The number of aliphatic hydroxyl groups excluding tert-OH is 1. The van der Waals surface area contributed by atoms with Crippen LogP contribution in [0, 0.1) is 11.6 Å². The number of aliphatic hydroxyl groups is 1. The van der Waals surface area contributed by atoms with Gasteiger partial charge in [-0.05, 0) is 37.9 Å². The molecule has 4 rings (SSSR count). The summed E-state index contributed by atoms with van der Waals surface area (Å²) in [5.41, 5.74) is 0.707. The molecule has 31 heavy (non-hydrogen) atoms. The van der Waals surface area contributed by atoms with Crippen LogP contribution in [0.2, 0.25) is 5.02 Å². The molecule has 7 nitrogen and oxygen atoms in total. The highest BCUT2D eigenvalue weighted by Gasteiger charge is 2.33. The fraction of sp³-hybridized carbons (Fsp3) is 0.500. The summed E-state index contributed by atoms with van der Waals surface area (Å²) in [6.45, 7) is 2.14. The minimum Gasteiger partial charge on any atom is -0.396 e. The van der Waals surface area contributed by atoms with E-state index in [9.17, 15) is 17.2 Å². The van der Waals surface area contributed by atoms with E-state index in [0.717, 1.165) is 31.5 Å². The van der Waals surface area contributed by atoms with Crippen molar-refractivity contribution >= 4 is 27.3 Å². The summed E-state index contributed by atoms with van der Waals surface area (Å²) in [6.07, 6.45) is 2.32. The molecular weight excluding hydrogens is 450 g/mol. The first-order chi connectivity index (χ1) is 14.8. The second kappa shape index (κ2) is 8.93. The van der Waals surface area contributed by atoms with Crippen LogP contribution in [0.15, 0.2) is 12.1 Å². The quantitative estimate of drug-likeness (QED) is 0.492. The first-order valence-electron chi connectivity index (χ1n) is 10.1. The molecule has 1 aromatic heterocycles. The molecule has 0 aliphatic carbocycles. The lowest BCUT2D eigenvalue weighted by molar-refractivity contribution is 0.280. The van der Waals surface area contributed by atoms with Crippen molar-refractivity contribution in [3.8, 4) is 11.4 Å². The lowest BCUT2D eigenvalue weighted by Gasteiger charge is -2.34. The van der Waals surface area contributed by atoms with Crippen molar-refractivity contribution in [1.29, 1.82) is 0 Å². The van der Waals surface area contributed by atoms with E-state index in [0.29, 0.717) is 42.6 Å². The summed E-state index contributed by atoms with van der Waals surface area (Å²) in [6, 6.07) is 2.09. The summed E-state index contributed by atoms with van der Waals surface area (Å²) in [5, 5.41) is 12.0. The second-order valence-corrected chi connectivity index (χ2v) is 10.3. The molecule has 2 aromatic rings. The zero-order valence-corrected chi connectivity index (χ0v) is 18.3. The van der Waals surface area contributed by atoms with Gasteiger partial charge in [0, 0.05) is 31.3 Å². The molecule has 168 valence electrons. The maximum absolute atomic E-state index is 14.5. The van der Waals surface area contributed by atoms with Crippen LogP contribution in [0.25, 0.3) is 11.4 Å². The molecule has 0 radical (unpaired) electrons. The van der Waals surface area contributed by atoms with Crippen LogP contribution < -0.4 is 10.2 Å². The number of anilines is 1. The number of halogens is 3. The molecule has 0 atom stereocenters. The smallest absolute Gasteiger partial charge is 0.164 e. The van der Waals surface area contributed by atoms with E-state index in [-0.39, 0.29) is 34.5 Å². The van der Waals surface area contributed by atoms with Crippen LogP contribution in [0.5, 0.6) is 0 Å². The van der Waals surface area contributed by atoms with Crippen LogP contribution in [-0.4, -0.2) is 55.8 Å². The highest BCUT2D eigenvalue weighted by atomic mass is 35.5. The van der Waals surface area contributed by atoms with E-state index in [1.54, 1.807) is 0 Å². The van der Waals surface area contributed by atoms with Crippen LogP contribution in [0.3, 0.4) is 0 Å². The van der Waals surface area contributed by atoms with Gasteiger partial charge in [0.05, 0.1) is 27.8 Å². The normalized spacial score (nSPS) is 18.4. The van der Waals surface area contributed by atoms with Crippen LogP contribution in [0.1, 0.15) is 30.5 Å². The van der Waals surface area contributed by atoms with Crippen molar-refractivity contribution in [1.82, 2.24) is 15.3 Å². The zero-order chi connectivity index (χ0) is 22.2. The van der Waals surface area contributed by atoms with Gasteiger partial charge in [-0.1, -0.05) is 11.6 Å². The van der Waals surface area contributed by atoms with Crippen molar-refractivity contribution < 1.29 is 22.3 Å². The molecule has 11 heteroatoms. The maximum Gasteiger partial charge on any atom is 0.164 e. The fourth-order valence-electron chi connectivity index (χ4n) is 4.02. The van der Waals surface area contributed by atoms with Crippen molar-refractivity contribution in [2.24, 2.45) is 0 Å². The molecule has 0 spiro atoms. The number of fused-ring (bicyclic) bond motifs is 1. The number of benzene rings is 1. The summed E-state index contributed by atoms with van der Waals surface area (Å²) in [5.74, 6) is -1.57. The van der Waals surface area contributed by atoms with Crippen molar-refractivity contribution in [2.45, 2.75) is 36.8 Å². The summed E-state index contributed by atoms with van der Waals surface area (Å²) in [7, 11) is -3.37. The largest absolute Gasteiger partial charge is 0.396 e. The standard InChI is InChI=1S/C20H23ClF2N4O3S/c21-15-9-16(22)13(8-17(15)23)19-25-18-11-31(29,30)10-14(18)20(26-19)27-5-2-12(3-6-27)24-4-1-7-28/h8-9,12,24,28H,1-7,10-11H2. The molecule has 0 unspecified atom stereocenters. The SMILES string of the molecule is O=S1(=O)Cc2nc(-c3cc(F)c(Cl)cc3F)nc(N3CCC(NCCCO)CC3)c2C1. The Bertz CT molecular complexity index is 1090. The third-order valence-electron chi connectivity index (χ3n) is 5.61. The topological polar surface area (TPSA) is 95.4 Å². The van der Waals surface area contributed by atoms with Gasteiger partial charge in [-0.3, -0.25) is 0 Å². The molecule has 1 aromatic carbocycles. The Morgan fingerprint density at radius 3 is 2.61 bits per heavy atom. The first-order valence-corrected chi connectivity index (χ1v) is 12.3. The Morgan fingerprint density at radius 1 is 1.16 bits per heavy atom. The predicted octanol–water partition coefficient (Wildman–Crippen LogP) is 2.44. The minimum absolute atomic E-state index is 0.0536. The Hall–Kier alpha value is -1.88. The number of aromatic nitrogens is 2. The van der Waals surface area contributed by atoms with E-state index >= 15 is 0 Å². The Morgan fingerprint density at radius 2 is 1.90 bits per heavy atom. The average Bonchev–Trinajstić information content (AvgIpc) is 3.04. The molecule has 2 aliphatic heterocycles. The predicted molar refractivity (Wildman–Crippen MR) is 114 cm³/mol. The Kier molecular flexibility index (Phi) is 6.43. The van der Waals surface area contributed by atoms with Crippen molar-refractivity contribution in [3.05, 3.63) is 40.0 Å². The fourth-order valence-corrected chi connectivity index (χ4v) is 5.66. The van der Waals surface area contributed by atoms with Gasteiger partial charge in [-0.2, -0.15) is 0 Å². The summed E-state index contributed by atoms with van der Waals surface area (Å²) >= 11 is 5.65.